The minimum atomic E-state index is -0.662. The van der Waals surface area contributed by atoms with Crippen LogP contribution < -0.4 is 10.6 Å². The van der Waals surface area contributed by atoms with Crippen LogP contribution in [-0.4, -0.2) is 49.2 Å². The van der Waals surface area contributed by atoms with Crippen molar-refractivity contribution < 1.29 is 14.3 Å². The van der Waals surface area contributed by atoms with Crippen molar-refractivity contribution in [1.29, 1.82) is 0 Å². The number of fused-ring (bicyclic) bond motifs is 1. The van der Waals surface area contributed by atoms with Gasteiger partial charge in [-0.05, 0) is 43.4 Å². The molecule has 1 unspecified atom stereocenters. The fourth-order valence-electron chi connectivity index (χ4n) is 4.25. The Kier molecular flexibility index (Phi) is 3.62. The minimum Gasteiger partial charge on any atom is -0.384 e. The number of ether oxygens (including phenoxy) is 1. The molecule has 0 bridgehead atoms. The fourth-order valence-corrected chi connectivity index (χ4v) is 4.25. The largest absolute Gasteiger partial charge is 0.384 e. The Morgan fingerprint density at radius 2 is 2.04 bits per heavy atom. The maximum absolute atomic E-state index is 12.8. The minimum absolute atomic E-state index is 0.0120. The number of methoxy groups -OCH3 is 1. The number of nitrogens with zero attached hydrogens (tertiary/aromatic N) is 2. The van der Waals surface area contributed by atoms with Crippen molar-refractivity contribution in [1.82, 2.24) is 4.90 Å². The van der Waals surface area contributed by atoms with Gasteiger partial charge in [0.1, 0.15) is 0 Å². The lowest BCUT2D eigenvalue weighted by molar-refractivity contribution is -0.122. The molecule has 128 valence electrons. The summed E-state index contributed by atoms with van der Waals surface area (Å²) < 4.78 is 5.34. The lowest BCUT2D eigenvalue weighted by Gasteiger charge is -2.27. The quantitative estimate of drug-likeness (QED) is 0.874. The molecule has 0 aromatic heterocycles. The van der Waals surface area contributed by atoms with Crippen LogP contribution >= 0.6 is 0 Å². The molecule has 1 aromatic carbocycles. The summed E-state index contributed by atoms with van der Waals surface area (Å²) in [6.45, 7) is 1.46. The van der Waals surface area contributed by atoms with Gasteiger partial charge in [-0.25, -0.2) is 0 Å². The van der Waals surface area contributed by atoms with Gasteiger partial charge in [-0.2, -0.15) is 0 Å². The highest BCUT2D eigenvalue weighted by Gasteiger charge is 2.51. The number of nitrogens with two attached hydrogens (primary N) is 1. The molecule has 3 aliphatic rings. The third kappa shape index (κ3) is 2.24. The van der Waals surface area contributed by atoms with Gasteiger partial charge in [0.05, 0.1) is 12.6 Å². The molecule has 1 saturated carbocycles. The summed E-state index contributed by atoms with van der Waals surface area (Å²) in [5.74, 6) is -0.475. The molecule has 6 nitrogen and oxygen atoms in total. The van der Waals surface area contributed by atoms with E-state index in [1.54, 1.807) is 12.0 Å². The van der Waals surface area contributed by atoms with Crippen molar-refractivity contribution in [2.45, 2.75) is 43.3 Å². The molecule has 2 amide bonds. The van der Waals surface area contributed by atoms with Gasteiger partial charge in [-0.1, -0.05) is 12.1 Å². The maximum Gasteiger partial charge on any atom is 0.255 e. The van der Waals surface area contributed by atoms with Crippen LogP contribution in [0.4, 0.5) is 5.69 Å². The topological polar surface area (TPSA) is 75.9 Å². The van der Waals surface area contributed by atoms with Gasteiger partial charge in [-0.15, -0.1) is 0 Å². The number of benzene rings is 1. The third-order valence-electron chi connectivity index (χ3n) is 5.66. The van der Waals surface area contributed by atoms with Crippen LogP contribution in [0.1, 0.15) is 31.2 Å². The number of rotatable bonds is 5. The summed E-state index contributed by atoms with van der Waals surface area (Å²) >= 11 is 0. The van der Waals surface area contributed by atoms with Crippen molar-refractivity contribution in [3.63, 3.8) is 0 Å². The van der Waals surface area contributed by atoms with E-state index in [0.29, 0.717) is 0 Å². The second-order valence-electron chi connectivity index (χ2n) is 7.14. The van der Waals surface area contributed by atoms with Crippen LogP contribution in [0.2, 0.25) is 0 Å². The molecule has 6 heteroatoms. The number of primary amides is 1. The van der Waals surface area contributed by atoms with Crippen LogP contribution in [0, 0.1) is 0 Å². The number of carbonyl (C=O) groups excluding carboxylic acids is 2. The molecule has 2 aliphatic heterocycles. The van der Waals surface area contributed by atoms with Crippen molar-refractivity contribution in [3.8, 4) is 0 Å². The highest BCUT2D eigenvalue weighted by atomic mass is 16.5. The summed E-state index contributed by atoms with van der Waals surface area (Å²) in [5.41, 5.74) is 7.71. The lowest BCUT2D eigenvalue weighted by atomic mass is 9.96. The molecule has 2 N–H and O–H groups in total. The standard InChI is InChI=1S/C18H23N3O3/c1-24-11-18(8-9-18)12-4-6-13(7-5-12)21-16(15(19)22)20-10-2-3-14(20)17(21)23/h4-7,14,16H,2-3,8-11H2,1H3,(H2,19,22)/t14-,16?/m0/s1. The first kappa shape index (κ1) is 15.6. The van der Waals surface area contributed by atoms with Gasteiger partial charge in [0.15, 0.2) is 6.17 Å². The van der Waals surface area contributed by atoms with Crippen LogP contribution in [0.15, 0.2) is 24.3 Å². The molecule has 3 fully saturated rings. The van der Waals surface area contributed by atoms with E-state index in [9.17, 15) is 9.59 Å². The third-order valence-corrected chi connectivity index (χ3v) is 5.66. The molecule has 2 heterocycles. The Morgan fingerprint density at radius 1 is 1.33 bits per heavy atom. The predicted octanol–water partition coefficient (Wildman–Crippen LogP) is 0.987. The van der Waals surface area contributed by atoms with E-state index in [1.165, 1.54) is 5.56 Å². The van der Waals surface area contributed by atoms with E-state index in [1.807, 2.05) is 17.0 Å². The Labute approximate surface area is 141 Å². The van der Waals surface area contributed by atoms with Crippen molar-refractivity contribution >= 4 is 17.5 Å². The molecule has 0 radical (unpaired) electrons. The molecule has 2 atom stereocenters. The maximum atomic E-state index is 12.8. The Hall–Kier alpha value is -1.92. The number of hydrogen-bond donors (Lipinski definition) is 1. The zero-order valence-corrected chi connectivity index (χ0v) is 13.9. The second kappa shape index (κ2) is 5.57. The van der Waals surface area contributed by atoms with Gasteiger partial charge >= 0.3 is 0 Å². The molecule has 2 saturated heterocycles. The first-order chi connectivity index (χ1) is 11.6. The van der Waals surface area contributed by atoms with Crippen LogP contribution in [-0.2, 0) is 19.7 Å². The molecule has 24 heavy (non-hydrogen) atoms. The highest BCUT2D eigenvalue weighted by Crippen LogP contribution is 2.48. The van der Waals surface area contributed by atoms with Crippen LogP contribution in [0.25, 0.3) is 0 Å². The van der Waals surface area contributed by atoms with Crippen molar-refractivity contribution in [3.05, 3.63) is 29.8 Å². The van der Waals surface area contributed by atoms with Gasteiger partial charge in [0.25, 0.3) is 5.91 Å². The highest BCUT2D eigenvalue weighted by molar-refractivity contribution is 6.06. The molecule has 1 aliphatic carbocycles. The summed E-state index contributed by atoms with van der Waals surface area (Å²) in [5, 5.41) is 0. The number of carbonyl (C=O) groups is 2. The molecule has 1 aromatic rings. The monoisotopic (exact) mass is 329 g/mol. The number of anilines is 1. The van der Waals surface area contributed by atoms with E-state index < -0.39 is 12.1 Å². The summed E-state index contributed by atoms with van der Waals surface area (Å²) in [4.78, 5) is 28.2. The predicted molar refractivity (Wildman–Crippen MR) is 89.4 cm³/mol. The Morgan fingerprint density at radius 3 is 2.62 bits per heavy atom. The number of hydrogen-bond acceptors (Lipinski definition) is 4. The van der Waals surface area contributed by atoms with E-state index in [4.69, 9.17) is 10.5 Å². The normalized spacial score (nSPS) is 28.2. The van der Waals surface area contributed by atoms with Gasteiger partial charge in [-0.3, -0.25) is 19.4 Å². The van der Waals surface area contributed by atoms with Crippen LogP contribution in [0.5, 0.6) is 0 Å². The molecule has 0 spiro atoms. The lowest BCUT2D eigenvalue weighted by Crippen LogP contribution is -2.49. The van der Waals surface area contributed by atoms with E-state index >= 15 is 0 Å². The summed E-state index contributed by atoms with van der Waals surface area (Å²) in [6.07, 6.45) is 3.33. The first-order valence-corrected chi connectivity index (χ1v) is 8.55. The first-order valence-electron chi connectivity index (χ1n) is 8.55. The average molecular weight is 329 g/mol. The molecule has 4 rings (SSSR count). The van der Waals surface area contributed by atoms with E-state index in [0.717, 1.165) is 44.5 Å². The molecular formula is C18H23N3O3. The van der Waals surface area contributed by atoms with Crippen molar-refractivity contribution in [2.75, 3.05) is 25.2 Å². The van der Waals surface area contributed by atoms with E-state index in [2.05, 4.69) is 12.1 Å². The summed E-state index contributed by atoms with van der Waals surface area (Å²) in [6, 6.07) is 7.76. The zero-order valence-electron chi connectivity index (χ0n) is 13.9. The van der Waals surface area contributed by atoms with Gasteiger partial charge in [0.2, 0.25) is 5.91 Å². The smallest absolute Gasteiger partial charge is 0.255 e. The van der Waals surface area contributed by atoms with Gasteiger partial charge < -0.3 is 10.5 Å². The fraction of sp³-hybridized carbons (Fsp3) is 0.556. The number of amides is 2. The van der Waals surface area contributed by atoms with Crippen molar-refractivity contribution in [2.24, 2.45) is 5.73 Å². The second-order valence-corrected chi connectivity index (χ2v) is 7.14. The summed E-state index contributed by atoms with van der Waals surface area (Å²) in [7, 11) is 1.72. The molecular weight excluding hydrogens is 306 g/mol. The Bertz CT molecular complexity index is 669. The zero-order chi connectivity index (χ0) is 16.9. The van der Waals surface area contributed by atoms with Crippen LogP contribution in [0.3, 0.4) is 0 Å². The average Bonchev–Trinajstić information content (AvgIpc) is 3.09. The van der Waals surface area contributed by atoms with Gasteiger partial charge in [0, 0.05) is 24.8 Å². The Balaban J connectivity index is 1.63. The van der Waals surface area contributed by atoms with E-state index in [-0.39, 0.29) is 17.4 Å². The SMILES string of the molecule is COCC1(c2ccc(N3C(=O)[C@@H]4CCCN4C3C(N)=O)cc2)CC1.